The minimum Gasteiger partial charge on any atom is -0.508 e. The molecule has 5 atom stereocenters. The van der Waals surface area contributed by atoms with Crippen LogP contribution in [0.5, 0.6) is 5.75 Å². The normalized spacial score (nSPS) is 26.3. The van der Waals surface area contributed by atoms with E-state index in [-0.39, 0.29) is 30.6 Å². The van der Waals surface area contributed by atoms with Gasteiger partial charge in [-0.05, 0) is 73.1 Å². The minimum atomic E-state index is -1.06. The highest BCUT2D eigenvalue weighted by atomic mass is 16.5. The number of methoxy groups -OCH3 is 1. The molecule has 0 radical (unpaired) electrons. The van der Waals surface area contributed by atoms with Gasteiger partial charge in [0, 0.05) is 26.3 Å². The van der Waals surface area contributed by atoms with Crippen LogP contribution in [-0.2, 0) is 41.7 Å². The van der Waals surface area contributed by atoms with E-state index < -0.39 is 47.9 Å². The molecule has 4 bridgehead atoms. The number of hydrogen-bond acceptors (Lipinski definition) is 9. The molecule has 4 rings (SSSR count). The summed E-state index contributed by atoms with van der Waals surface area (Å²) >= 11 is 0. The van der Waals surface area contributed by atoms with Gasteiger partial charge in [-0.2, -0.15) is 0 Å². The lowest BCUT2D eigenvalue weighted by atomic mass is 9.96. The maximum absolute atomic E-state index is 14.0. The average Bonchev–Trinajstić information content (AvgIpc) is 3.04. The van der Waals surface area contributed by atoms with E-state index in [1.807, 2.05) is 32.1 Å². The largest absolute Gasteiger partial charge is 0.508 e. The van der Waals surface area contributed by atoms with Crippen molar-refractivity contribution in [2.75, 3.05) is 13.7 Å². The van der Waals surface area contributed by atoms with Crippen molar-refractivity contribution >= 4 is 29.8 Å². The summed E-state index contributed by atoms with van der Waals surface area (Å²) in [7, 11) is 1.55. The van der Waals surface area contributed by atoms with Gasteiger partial charge < -0.3 is 25.2 Å². The van der Waals surface area contributed by atoms with Crippen molar-refractivity contribution in [2.24, 2.45) is 11.8 Å². The van der Waals surface area contributed by atoms with Crippen LogP contribution in [0, 0.1) is 11.8 Å². The number of rotatable bonds is 4. The molecule has 2 aromatic rings. The maximum Gasteiger partial charge on any atom is 0.325 e. The molecule has 1 saturated heterocycles. The van der Waals surface area contributed by atoms with Crippen LogP contribution >= 0.6 is 0 Å². The predicted octanol–water partition coefficient (Wildman–Crippen LogP) is 2.65. The molecule has 46 heavy (non-hydrogen) atoms. The number of nitrogens with one attached hydrogen (secondary N) is 3. The molecule has 1 aromatic heterocycles. The number of ether oxygens (including phenoxy) is 2. The first kappa shape index (κ1) is 34.6. The molecular formula is C34H45N5O7. The smallest absolute Gasteiger partial charge is 0.325 e. The third-order valence-electron chi connectivity index (χ3n) is 8.36. The summed E-state index contributed by atoms with van der Waals surface area (Å²) in [6.45, 7) is 5.75. The topological polar surface area (TPSA) is 159 Å². The van der Waals surface area contributed by atoms with Crippen LogP contribution in [0.25, 0.3) is 6.08 Å². The Kier molecular flexibility index (Phi) is 12.3. The number of aromatic nitrogens is 1. The first-order valence-corrected chi connectivity index (χ1v) is 15.8. The van der Waals surface area contributed by atoms with Gasteiger partial charge in [-0.25, -0.2) is 5.43 Å². The van der Waals surface area contributed by atoms with Gasteiger partial charge >= 0.3 is 5.97 Å². The summed E-state index contributed by atoms with van der Waals surface area (Å²) in [5.41, 5.74) is 5.09. The maximum atomic E-state index is 14.0. The Morgan fingerprint density at radius 1 is 1.09 bits per heavy atom. The molecule has 4 N–H and O–H groups in total. The van der Waals surface area contributed by atoms with Crippen molar-refractivity contribution < 1.29 is 33.8 Å². The zero-order chi connectivity index (χ0) is 33.2. The van der Waals surface area contributed by atoms with E-state index in [0.717, 1.165) is 5.56 Å². The summed E-state index contributed by atoms with van der Waals surface area (Å²) in [6, 6.07) is 7.32. The first-order valence-electron chi connectivity index (χ1n) is 15.8. The van der Waals surface area contributed by atoms with Crippen molar-refractivity contribution in [3.8, 4) is 5.75 Å². The Labute approximate surface area is 269 Å². The molecule has 2 aliphatic rings. The second-order valence-corrected chi connectivity index (χ2v) is 12.2. The van der Waals surface area contributed by atoms with E-state index in [1.165, 1.54) is 17.1 Å². The predicted molar refractivity (Wildman–Crippen MR) is 171 cm³/mol. The highest BCUT2D eigenvalue weighted by Gasteiger charge is 2.36. The Balaban J connectivity index is 1.64. The summed E-state index contributed by atoms with van der Waals surface area (Å²) in [5.74, 6) is -2.63. The lowest BCUT2D eigenvalue weighted by Gasteiger charge is -2.35. The summed E-state index contributed by atoms with van der Waals surface area (Å²) in [4.78, 5) is 58.5. The summed E-state index contributed by atoms with van der Waals surface area (Å²) in [6.07, 6.45) is 7.33. The van der Waals surface area contributed by atoms with Crippen LogP contribution in [-0.4, -0.2) is 76.7 Å². The monoisotopic (exact) mass is 635 g/mol. The number of hydrogen-bond donors (Lipinski definition) is 4. The van der Waals surface area contributed by atoms with E-state index >= 15 is 0 Å². The van der Waals surface area contributed by atoms with Gasteiger partial charge in [-0.15, -0.1) is 0 Å². The number of allylic oxidation sites excluding steroid dienone is 1. The molecule has 3 heterocycles. The van der Waals surface area contributed by atoms with Crippen LogP contribution in [0.4, 0.5) is 0 Å². The van der Waals surface area contributed by atoms with E-state index in [1.54, 1.807) is 38.4 Å². The van der Waals surface area contributed by atoms with Crippen LogP contribution < -0.4 is 16.1 Å². The number of hydrazine groups is 1. The Morgan fingerprint density at radius 3 is 2.63 bits per heavy atom. The number of nitrogens with zero attached hydrogens (tertiary/aromatic N) is 2. The molecule has 1 aromatic carbocycles. The van der Waals surface area contributed by atoms with Gasteiger partial charge in [0.15, 0.2) is 0 Å². The van der Waals surface area contributed by atoms with Gasteiger partial charge in [0.1, 0.15) is 30.5 Å². The number of benzene rings is 1. The van der Waals surface area contributed by atoms with Crippen molar-refractivity contribution in [3.05, 3.63) is 65.5 Å². The minimum absolute atomic E-state index is 0.0272. The van der Waals surface area contributed by atoms with E-state index in [9.17, 15) is 24.3 Å². The van der Waals surface area contributed by atoms with Gasteiger partial charge in [0.2, 0.25) is 11.8 Å². The average molecular weight is 636 g/mol. The number of phenols is 1. The SMILES string of the molecule is CO[C@@H]1CC/C=C/c2cc(ccn2)COC(=O)[C@@H]2CCCN(N2)C(=O)[C@H](Cc2cccc(O)c2)NC(=O)[C@H](C(C)C)NC(=O)[C@@H]1C. The first-order chi connectivity index (χ1) is 22.0. The molecule has 1 fully saturated rings. The number of amides is 3. The van der Waals surface area contributed by atoms with Gasteiger partial charge in [0.05, 0.1) is 17.7 Å². The molecule has 2 aliphatic heterocycles. The zero-order valence-electron chi connectivity index (χ0n) is 26.9. The zero-order valence-corrected chi connectivity index (χ0v) is 26.9. The van der Waals surface area contributed by atoms with Crippen LogP contribution in [0.1, 0.15) is 63.3 Å². The second kappa shape index (κ2) is 16.3. The lowest BCUT2D eigenvalue weighted by molar-refractivity contribution is -0.154. The van der Waals surface area contributed by atoms with Crippen molar-refractivity contribution in [2.45, 2.75) is 83.7 Å². The number of fused-ring (bicyclic) bond motifs is 4. The number of pyridine rings is 1. The fourth-order valence-electron chi connectivity index (χ4n) is 5.64. The molecule has 12 nitrogen and oxygen atoms in total. The molecule has 0 aliphatic carbocycles. The molecule has 0 spiro atoms. The Hall–Kier alpha value is -4.29. The van der Waals surface area contributed by atoms with Crippen LogP contribution in [0.15, 0.2) is 48.7 Å². The van der Waals surface area contributed by atoms with E-state index in [2.05, 4.69) is 21.0 Å². The van der Waals surface area contributed by atoms with Gasteiger partial charge in [-0.1, -0.05) is 39.0 Å². The third-order valence-corrected chi connectivity index (χ3v) is 8.36. The number of cyclic esters (lactones) is 1. The molecule has 0 unspecified atom stereocenters. The number of esters is 1. The van der Waals surface area contributed by atoms with E-state index in [4.69, 9.17) is 9.47 Å². The Morgan fingerprint density at radius 2 is 1.89 bits per heavy atom. The highest BCUT2D eigenvalue weighted by Crippen LogP contribution is 2.19. The molecule has 0 saturated carbocycles. The standard InChI is InChI=1S/C34H45N5O7/c1-21(2)30-32(42)36-28(19-23-9-7-11-26(40)18-23)33(43)39-16-8-12-27(38-39)34(44)46-20-24-14-15-35-25(17-24)10-5-6-13-29(45-4)22(3)31(41)37-30/h5,7,9-11,14-15,17-18,21-22,27-30,38,40H,6,8,12-13,16,19-20H2,1-4H3,(H,36,42)(H,37,41)/b10-5+/t22-,27+,28+,29-,30+/m1/s1. The van der Waals surface area contributed by atoms with Crippen molar-refractivity contribution in [3.63, 3.8) is 0 Å². The van der Waals surface area contributed by atoms with Crippen LogP contribution in [0.2, 0.25) is 0 Å². The molecule has 3 amide bonds. The molecule has 12 heteroatoms. The van der Waals surface area contributed by atoms with Gasteiger partial charge in [-0.3, -0.25) is 29.2 Å². The van der Waals surface area contributed by atoms with Gasteiger partial charge in [0.25, 0.3) is 5.91 Å². The van der Waals surface area contributed by atoms with Crippen molar-refractivity contribution in [1.29, 1.82) is 0 Å². The number of aromatic hydroxyl groups is 1. The Bertz CT molecular complexity index is 1410. The summed E-state index contributed by atoms with van der Waals surface area (Å²) in [5, 5.41) is 17.1. The van der Waals surface area contributed by atoms with E-state index in [0.29, 0.717) is 43.5 Å². The van der Waals surface area contributed by atoms with Crippen LogP contribution in [0.3, 0.4) is 0 Å². The third kappa shape index (κ3) is 9.37. The second-order valence-electron chi connectivity index (χ2n) is 12.2. The fourth-order valence-corrected chi connectivity index (χ4v) is 5.64. The molecule has 248 valence electrons. The number of carbonyl (C=O) groups excluding carboxylic acids is 4. The quantitative estimate of drug-likeness (QED) is 0.371. The number of carbonyl (C=O) groups is 4. The highest BCUT2D eigenvalue weighted by molar-refractivity contribution is 5.93. The lowest BCUT2D eigenvalue weighted by Crippen LogP contribution is -2.62. The van der Waals surface area contributed by atoms with Crippen molar-refractivity contribution in [1.82, 2.24) is 26.1 Å². The number of phenolic OH excluding ortho intramolecular Hbond substituents is 1. The molecular weight excluding hydrogens is 590 g/mol. The fraction of sp³-hybridized carbons (Fsp3) is 0.500. The summed E-state index contributed by atoms with van der Waals surface area (Å²) < 4.78 is 11.3.